The van der Waals surface area contributed by atoms with E-state index in [9.17, 15) is 18.0 Å². The summed E-state index contributed by atoms with van der Waals surface area (Å²) >= 11 is 0. The number of ketones is 1. The smallest absolute Gasteiger partial charge is 0.364 e. The molecule has 0 aliphatic heterocycles. The highest BCUT2D eigenvalue weighted by molar-refractivity contribution is 5.91. The third kappa shape index (κ3) is 9.07. The number of hydrogen-bond acceptors (Lipinski definition) is 2. The first-order valence-electron chi connectivity index (χ1n) is 3.63. The van der Waals surface area contributed by atoms with E-state index >= 15 is 0 Å². The van der Waals surface area contributed by atoms with Crippen LogP contribution in [-0.2, 0) is 9.53 Å². The molecule has 0 aromatic carbocycles. The number of ether oxygens (including phenoxy) is 1. The molecule has 5 heteroatoms. The van der Waals surface area contributed by atoms with Crippen LogP contribution in [0.1, 0.15) is 13.8 Å². The van der Waals surface area contributed by atoms with E-state index in [0.29, 0.717) is 0 Å². The fourth-order valence-electron chi connectivity index (χ4n) is 0.631. The number of hydrogen-bond donors (Lipinski definition) is 0. The first kappa shape index (κ1) is 12.2. The van der Waals surface area contributed by atoms with E-state index in [1.165, 1.54) is 6.08 Å². The average molecular weight is 196 g/mol. The molecule has 0 saturated heterocycles. The molecule has 0 atom stereocenters. The lowest BCUT2D eigenvalue weighted by Gasteiger charge is -2.05. The Morgan fingerprint density at radius 2 is 1.92 bits per heavy atom. The van der Waals surface area contributed by atoms with Gasteiger partial charge in [-0.3, -0.25) is 4.79 Å². The van der Waals surface area contributed by atoms with E-state index in [4.69, 9.17) is 0 Å². The van der Waals surface area contributed by atoms with Crippen molar-refractivity contribution in [3.63, 3.8) is 0 Å². The van der Waals surface area contributed by atoms with Crippen molar-refractivity contribution in [3.05, 3.63) is 11.6 Å². The first-order chi connectivity index (χ1) is 5.81. The van der Waals surface area contributed by atoms with Gasteiger partial charge >= 0.3 is 6.18 Å². The van der Waals surface area contributed by atoms with Crippen molar-refractivity contribution < 1.29 is 22.7 Å². The zero-order valence-corrected chi connectivity index (χ0v) is 7.44. The van der Waals surface area contributed by atoms with Gasteiger partial charge in [-0.05, 0) is 19.9 Å². The van der Waals surface area contributed by atoms with Crippen LogP contribution < -0.4 is 0 Å². The van der Waals surface area contributed by atoms with Crippen LogP contribution in [0.5, 0.6) is 0 Å². The molecule has 0 heterocycles. The number of alkyl halides is 3. The van der Waals surface area contributed by atoms with Crippen molar-refractivity contribution in [2.75, 3.05) is 13.2 Å². The van der Waals surface area contributed by atoms with Crippen molar-refractivity contribution in [1.82, 2.24) is 0 Å². The summed E-state index contributed by atoms with van der Waals surface area (Å²) in [7, 11) is 0. The monoisotopic (exact) mass is 196 g/mol. The molecule has 0 aromatic rings. The van der Waals surface area contributed by atoms with Crippen LogP contribution in [0.3, 0.4) is 0 Å². The first-order valence-corrected chi connectivity index (χ1v) is 3.63. The Morgan fingerprint density at radius 3 is 2.31 bits per heavy atom. The summed E-state index contributed by atoms with van der Waals surface area (Å²) in [4.78, 5) is 10.8. The maximum atomic E-state index is 11.5. The van der Waals surface area contributed by atoms with E-state index in [1.54, 1.807) is 13.8 Å². The molecule has 0 aliphatic carbocycles. The molecule has 0 spiro atoms. The summed E-state index contributed by atoms with van der Waals surface area (Å²) in [6.45, 7) is 1.46. The normalized spacial score (nSPS) is 11.2. The van der Waals surface area contributed by atoms with Gasteiger partial charge in [0.1, 0.15) is 13.2 Å². The van der Waals surface area contributed by atoms with Crippen LogP contribution in [0.2, 0.25) is 0 Å². The van der Waals surface area contributed by atoms with Crippen LogP contribution in [0.4, 0.5) is 13.2 Å². The lowest BCUT2D eigenvalue weighted by atomic mass is 10.2. The second-order valence-corrected chi connectivity index (χ2v) is 2.80. The summed E-state index contributed by atoms with van der Waals surface area (Å²) in [5.74, 6) is -0.454. The predicted octanol–water partition coefficient (Wildman–Crippen LogP) is 2.10. The Morgan fingerprint density at radius 1 is 1.38 bits per heavy atom. The molecule has 0 rings (SSSR count). The third-order valence-electron chi connectivity index (χ3n) is 0.960. The van der Waals surface area contributed by atoms with E-state index in [2.05, 4.69) is 4.74 Å². The average Bonchev–Trinajstić information content (AvgIpc) is 1.81. The molecule has 0 amide bonds. The molecule has 0 unspecified atom stereocenters. The summed E-state index contributed by atoms with van der Waals surface area (Å²) in [6.07, 6.45) is -3.12. The minimum Gasteiger partial charge on any atom is -0.364 e. The SMILES string of the molecule is CC(C)=CC(=O)COCC(F)(F)F. The van der Waals surface area contributed by atoms with Crippen molar-refractivity contribution >= 4 is 5.78 Å². The van der Waals surface area contributed by atoms with Gasteiger partial charge in [-0.2, -0.15) is 13.2 Å². The van der Waals surface area contributed by atoms with Gasteiger partial charge < -0.3 is 4.74 Å². The standard InChI is InChI=1S/C8H11F3O2/c1-6(2)3-7(12)4-13-5-8(9,10)11/h3H,4-5H2,1-2H3. The highest BCUT2D eigenvalue weighted by atomic mass is 19.4. The number of carbonyl (C=O) groups excluding carboxylic acids is 1. The Hall–Kier alpha value is -0.840. The molecule has 2 nitrogen and oxygen atoms in total. The molecule has 0 N–H and O–H groups in total. The minimum atomic E-state index is -4.37. The molecule has 0 aromatic heterocycles. The van der Waals surface area contributed by atoms with Gasteiger partial charge in [0.25, 0.3) is 0 Å². The van der Waals surface area contributed by atoms with Gasteiger partial charge in [0.2, 0.25) is 0 Å². The highest BCUT2D eigenvalue weighted by Gasteiger charge is 2.27. The maximum Gasteiger partial charge on any atom is 0.411 e. The lowest BCUT2D eigenvalue weighted by molar-refractivity contribution is -0.174. The van der Waals surface area contributed by atoms with Crippen LogP contribution in [0, 0.1) is 0 Å². The van der Waals surface area contributed by atoms with Gasteiger partial charge in [0.05, 0.1) is 0 Å². The topological polar surface area (TPSA) is 26.3 Å². The zero-order chi connectivity index (χ0) is 10.5. The van der Waals surface area contributed by atoms with E-state index in [1.807, 2.05) is 0 Å². The summed E-state index contributed by atoms with van der Waals surface area (Å²) in [6, 6.07) is 0. The van der Waals surface area contributed by atoms with Crippen molar-refractivity contribution in [2.24, 2.45) is 0 Å². The lowest BCUT2D eigenvalue weighted by Crippen LogP contribution is -2.19. The number of rotatable bonds is 4. The molecule has 0 bridgehead atoms. The predicted molar refractivity (Wildman–Crippen MR) is 41.3 cm³/mol. The largest absolute Gasteiger partial charge is 0.411 e. The fourth-order valence-corrected chi connectivity index (χ4v) is 0.631. The van der Waals surface area contributed by atoms with Crippen LogP contribution in [0.15, 0.2) is 11.6 Å². The number of allylic oxidation sites excluding steroid dienone is 1. The quantitative estimate of drug-likeness (QED) is 0.643. The second kappa shape index (κ2) is 5.01. The Balaban J connectivity index is 3.67. The molecular formula is C8H11F3O2. The number of carbonyl (C=O) groups is 1. The Bertz CT molecular complexity index is 202. The maximum absolute atomic E-state index is 11.5. The molecule has 0 saturated carbocycles. The summed E-state index contributed by atoms with van der Waals surface area (Å²) < 4.78 is 38.7. The Labute approximate surface area is 74.4 Å². The molecule has 0 fully saturated rings. The van der Waals surface area contributed by atoms with Gasteiger partial charge in [-0.15, -0.1) is 0 Å². The molecule has 0 aliphatic rings. The fraction of sp³-hybridized carbons (Fsp3) is 0.625. The van der Waals surface area contributed by atoms with Gasteiger partial charge in [0.15, 0.2) is 5.78 Å². The highest BCUT2D eigenvalue weighted by Crippen LogP contribution is 2.14. The number of halogens is 3. The van der Waals surface area contributed by atoms with Crippen molar-refractivity contribution in [1.29, 1.82) is 0 Å². The zero-order valence-electron chi connectivity index (χ0n) is 7.44. The van der Waals surface area contributed by atoms with Crippen LogP contribution in [-0.4, -0.2) is 25.2 Å². The molecular weight excluding hydrogens is 185 g/mol. The van der Waals surface area contributed by atoms with Gasteiger partial charge in [0, 0.05) is 0 Å². The van der Waals surface area contributed by atoms with Gasteiger partial charge in [-0.25, -0.2) is 0 Å². The van der Waals surface area contributed by atoms with Crippen LogP contribution >= 0.6 is 0 Å². The van der Waals surface area contributed by atoms with E-state index in [0.717, 1.165) is 5.57 Å². The molecule has 0 radical (unpaired) electrons. The van der Waals surface area contributed by atoms with Crippen molar-refractivity contribution in [2.45, 2.75) is 20.0 Å². The minimum absolute atomic E-state index is 0.454. The van der Waals surface area contributed by atoms with E-state index in [-0.39, 0.29) is 0 Å². The van der Waals surface area contributed by atoms with E-state index < -0.39 is 25.2 Å². The van der Waals surface area contributed by atoms with Gasteiger partial charge in [-0.1, -0.05) is 5.57 Å². The third-order valence-corrected chi connectivity index (χ3v) is 0.960. The molecule has 76 valence electrons. The second-order valence-electron chi connectivity index (χ2n) is 2.80. The molecule has 13 heavy (non-hydrogen) atoms. The Kier molecular flexibility index (Phi) is 4.69. The van der Waals surface area contributed by atoms with Crippen LogP contribution in [0.25, 0.3) is 0 Å². The summed E-state index contributed by atoms with van der Waals surface area (Å²) in [5.41, 5.74) is 0.737. The summed E-state index contributed by atoms with van der Waals surface area (Å²) in [5, 5.41) is 0. The van der Waals surface area contributed by atoms with Crippen molar-refractivity contribution in [3.8, 4) is 0 Å².